The van der Waals surface area contributed by atoms with Crippen molar-refractivity contribution in [1.82, 2.24) is 4.57 Å². The molecule has 0 radical (unpaired) electrons. The van der Waals surface area contributed by atoms with Gasteiger partial charge in [-0.2, -0.15) is 0 Å². The highest BCUT2D eigenvalue weighted by atomic mass is 16.5. The van der Waals surface area contributed by atoms with Gasteiger partial charge in [0.1, 0.15) is 6.10 Å². The van der Waals surface area contributed by atoms with Crippen molar-refractivity contribution < 1.29 is 24.2 Å². The lowest BCUT2D eigenvalue weighted by Gasteiger charge is -2.26. The Balaban J connectivity index is 1.88. The Morgan fingerprint density at radius 1 is 1.06 bits per heavy atom. The molecule has 0 saturated carbocycles. The minimum absolute atomic E-state index is 0.0423. The molecule has 1 fully saturated rings. The second kappa shape index (κ2) is 10.7. The first-order valence-corrected chi connectivity index (χ1v) is 11.9. The number of nitrogens with zero attached hydrogens (tertiary/aromatic N) is 1. The number of aromatic nitrogens is 1. The van der Waals surface area contributed by atoms with E-state index in [0.29, 0.717) is 31.4 Å². The molecule has 0 aliphatic carbocycles. The number of rotatable bonds is 8. The van der Waals surface area contributed by atoms with Gasteiger partial charge in [0.2, 0.25) is 0 Å². The van der Waals surface area contributed by atoms with Crippen LogP contribution in [-0.2, 0) is 27.2 Å². The molecule has 0 bridgehead atoms. The first-order valence-electron chi connectivity index (χ1n) is 11.9. The van der Waals surface area contributed by atoms with Gasteiger partial charge in [0.25, 0.3) is 0 Å². The monoisotopic (exact) mass is 461 g/mol. The predicted molar refractivity (Wildman–Crippen MR) is 130 cm³/mol. The third-order valence-corrected chi connectivity index (χ3v) is 6.21. The van der Waals surface area contributed by atoms with Gasteiger partial charge in [0.05, 0.1) is 30.4 Å². The highest BCUT2D eigenvalue weighted by Gasteiger charge is 2.31. The van der Waals surface area contributed by atoms with E-state index in [4.69, 9.17) is 9.47 Å². The lowest BCUT2D eigenvalue weighted by molar-refractivity contribution is -0.160. The smallest absolute Gasteiger partial charge is 0.340 e. The van der Waals surface area contributed by atoms with Crippen molar-refractivity contribution in [3.05, 3.63) is 71.9 Å². The molecule has 0 spiro atoms. The number of hydrogen-bond donors (Lipinski definition) is 1. The van der Waals surface area contributed by atoms with Crippen LogP contribution in [0, 0.1) is 0 Å². The number of cyclic esters (lactones) is 1. The lowest BCUT2D eigenvalue weighted by atomic mass is 9.96. The Hall–Kier alpha value is -3.38. The second-order valence-electron chi connectivity index (χ2n) is 8.50. The van der Waals surface area contributed by atoms with Gasteiger partial charge in [-0.1, -0.05) is 67.6 Å². The molecule has 2 heterocycles. The Bertz CT molecular complexity index is 1140. The quantitative estimate of drug-likeness (QED) is 0.477. The Kier molecular flexibility index (Phi) is 7.48. The molecule has 1 aliphatic rings. The molecule has 0 amide bonds. The SMILES string of the molecule is CCOC(=O)c1c(-c2ccccc2)c(-c2ccccc2)n(CC[C@@H]2C[C@@H](O)CC(=O)O2)c1CC. The fraction of sp³-hybridized carbons (Fsp3) is 0.357. The Morgan fingerprint density at radius 3 is 2.29 bits per heavy atom. The number of carbonyl (C=O) groups excluding carboxylic acids is 2. The summed E-state index contributed by atoms with van der Waals surface area (Å²) in [5.41, 5.74) is 5.19. The van der Waals surface area contributed by atoms with Crippen molar-refractivity contribution in [2.24, 2.45) is 0 Å². The topological polar surface area (TPSA) is 77.8 Å². The molecule has 6 nitrogen and oxygen atoms in total. The fourth-order valence-corrected chi connectivity index (χ4v) is 4.80. The highest BCUT2D eigenvalue weighted by molar-refractivity contribution is 6.03. The number of ether oxygens (including phenoxy) is 2. The molecule has 178 valence electrons. The lowest BCUT2D eigenvalue weighted by Crippen LogP contribution is -2.33. The van der Waals surface area contributed by atoms with Crippen LogP contribution >= 0.6 is 0 Å². The summed E-state index contributed by atoms with van der Waals surface area (Å²) in [6, 6.07) is 19.9. The van der Waals surface area contributed by atoms with Crippen LogP contribution in [0.5, 0.6) is 0 Å². The maximum absolute atomic E-state index is 13.3. The van der Waals surface area contributed by atoms with Crippen LogP contribution in [0.3, 0.4) is 0 Å². The summed E-state index contributed by atoms with van der Waals surface area (Å²) in [6.07, 6.45) is 0.601. The molecule has 0 unspecified atom stereocenters. The summed E-state index contributed by atoms with van der Waals surface area (Å²) in [5, 5.41) is 10.0. The summed E-state index contributed by atoms with van der Waals surface area (Å²) >= 11 is 0. The van der Waals surface area contributed by atoms with Crippen molar-refractivity contribution in [2.75, 3.05) is 6.61 Å². The summed E-state index contributed by atoms with van der Waals surface area (Å²) in [7, 11) is 0. The molecule has 3 aromatic rings. The predicted octanol–water partition coefficient (Wildman–Crippen LogP) is 5.02. The molecule has 1 N–H and O–H groups in total. The standard InChI is InChI=1S/C28H31NO5/c1-3-23-26(28(32)33-4-2)25(19-11-7-5-8-12-19)27(20-13-9-6-10-14-20)29(23)16-15-22-17-21(30)18-24(31)34-22/h5-14,21-22,30H,3-4,15-18H2,1-2H3/t21-,22-/m1/s1. The summed E-state index contributed by atoms with van der Waals surface area (Å²) in [6.45, 7) is 4.67. The first kappa shape index (κ1) is 23.8. The van der Waals surface area contributed by atoms with Crippen LogP contribution in [0.4, 0.5) is 0 Å². The van der Waals surface area contributed by atoms with E-state index >= 15 is 0 Å². The third kappa shape index (κ3) is 4.92. The number of benzene rings is 2. The van der Waals surface area contributed by atoms with E-state index in [0.717, 1.165) is 28.1 Å². The number of carbonyl (C=O) groups is 2. The zero-order valence-corrected chi connectivity index (χ0v) is 19.7. The molecule has 1 aromatic heterocycles. The number of esters is 2. The summed E-state index contributed by atoms with van der Waals surface area (Å²) < 4.78 is 13.2. The molecule has 2 aromatic carbocycles. The summed E-state index contributed by atoms with van der Waals surface area (Å²) in [4.78, 5) is 25.1. The van der Waals surface area contributed by atoms with E-state index in [1.165, 1.54) is 0 Å². The Morgan fingerprint density at radius 2 is 1.71 bits per heavy atom. The number of aliphatic hydroxyl groups is 1. The van der Waals surface area contributed by atoms with Crippen molar-refractivity contribution in [1.29, 1.82) is 0 Å². The molecule has 1 aliphatic heterocycles. The maximum Gasteiger partial charge on any atom is 0.340 e. The van der Waals surface area contributed by atoms with Gasteiger partial charge in [-0.25, -0.2) is 4.79 Å². The third-order valence-electron chi connectivity index (χ3n) is 6.21. The van der Waals surface area contributed by atoms with E-state index in [9.17, 15) is 14.7 Å². The van der Waals surface area contributed by atoms with Crippen LogP contribution in [-0.4, -0.2) is 40.4 Å². The zero-order valence-electron chi connectivity index (χ0n) is 19.7. The van der Waals surface area contributed by atoms with E-state index in [2.05, 4.69) is 4.57 Å². The number of hydrogen-bond acceptors (Lipinski definition) is 5. The van der Waals surface area contributed by atoms with Crippen molar-refractivity contribution in [3.63, 3.8) is 0 Å². The maximum atomic E-state index is 13.3. The molecular formula is C28H31NO5. The van der Waals surface area contributed by atoms with Gasteiger partial charge < -0.3 is 19.1 Å². The van der Waals surface area contributed by atoms with Gasteiger partial charge in [0.15, 0.2) is 0 Å². The van der Waals surface area contributed by atoms with Gasteiger partial charge >= 0.3 is 11.9 Å². The van der Waals surface area contributed by atoms with E-state index < -0.39 is 6.10 Å². The van der Waals surface area contributed by atoms with Crippen LogP contribution in [0.1, 0.15) is 49.2 Å². The van der Waals surface area contributed by atoms with Crippen molar-refractivity contribution in [2.45, 2.75) is 58.3 Å². The van der Waals surface area contributed by atoms with Crippen LogP contribution in [0.25, 0.3) is 22.4 Å². The van der Waals surface area contributed by atoms with Crippen molar-refractivity contribution in [3.8, 4) is 22.4 Å². The van der Waals surface area contributed by atoms with E-state index in [-0.39, 0.29) is 31.1 Å². The zero-order chi connectivity index (χ0) is 24.1. The molecule has 34 heavy (non-hydrogen) atoms. The van der Waals surface area contributed by atoms with Gasteiger partial charge in [0, 0.05) is 30.6 Å². The first-order chi connectivity index (χ1) is 16.5. The van der Waals surface area contributed by atoms with Crippen LogP contribution in [0.15, 0.2) is 60.7 Å². The minimum atomic E-state index is -0.676. The van der Waals surface area contributed by atoms with E-state index in [1.54, 1.807) is 0 Å². The molecular weight excluding hydrogens is 430 g/mol. The molecule has 1 saturated heterocycles. The number of aliphatic hydroxyl groups excluding tert-OH is 1. The van der Waals surface area contributed by atoms with Gasteiger partial charge in [-0.15, -0.1) is 0 Å². The van der Waals surface area contributed by atoms with E-state index in [1.807, 2.05) is 74.5 Å². The minimum Gasteiger partial charge on any atom is -0.462 e. The van der Waals surface area contributed by atoms with Crippen LogP contribution < -0.4 is 0 Å². The average Bonchev–Trinajstić information content (AvgIpc) is 3.17. The fourth-order valence-electron chi connectivity index (χ4n) is 4.80. The second-order valence-corrected chi connectivity index (χ2v) is 8.50. The molecule has 6 heteroatoms. The highest BCUT2D eigenvalue weighted by Crippen LogP contribution is 2.40. The van der Waals surface area contributed by atoms with Crippen LogP contribution in [0.2, 0.25) is 0 Å². The van der Waals surface area contributed by atoms with Gasteiger partial charge in [-0.05, 0) is 24.5 Å². The average molecular weight is 462 g/mol. The largest absolute Gasteiger partial charge is 0.462 e. The molecule has 2 atom stereocenters. The summed E-state index contributed by atoms with van der Waals surface area (Å²) in [5.74, 6) is -0.707. The molecule has 4 rings (SSSR count). The normalized spacial score (nSPS) is 17.9. The van der Waals surface area contributed by atoms with Crippen molar-refractivity contribution >= 4 is 11.9 Å². The Labute approximate surface area is 200 Å². The van der Waals surface area contributed by atoms with Gasteiger partial charge in [-0.3, -0.25) is 4.79 Å².